The van der Waals surface area contributed by atoms with Crippen molar-refractivity contribution < 1.29 is 23.4 Å². The van der Waals surface area contributed by atoms with Gasteiger partial charge in [0, 0.05) is 6.07 Å². The minimum Gasteiger partial charge on any atom is -0.481 e. The fraction of sp³-hybridized carbons (Fsp3) is 0.167. The molecule has 1 saturated carbocycles. The number of aliphatic carboxylic acids is 1. The lowest BCUT2D eigenvalue weighted by Gasteiger charge is -2.31. The van der Waals surface area contributed by atoms with E-state index in [1.165, 1.54) is 6.07 Å². The molecule has 0 atom stereocenters. The molecule has 0 amide bonds. The van der Waals surface area contributed by atoms with Gasteiger partial charge >= 0.3 is 5.97 Å². The van der Waals surface area contributed by atoms with E-state index in [0.29, 0.717) is 18.4 Å². The van der Waals surface area contributed by atoms with E-state index in [4.69, 9.17) is 9.84 Å². The van der Waals surface area contributed by atoms with Gasteiger partial charge in [-0.05, 0) is 29.5 Å². The molecule has 0 spiro atoms. The number of carbonyl (C=O) groups is 1. The Kier molecular flexibility index (Phi) is 4.66. The number of benzene rings is 3. The van der Waals surface area contributed by atoms with Crippen molar-refractivity contribution in [3.63, 3.8) is 0 Å². The topological polar surface area (TPSA) is 75.2 Å². The molecular weight excluding hydrogens is 402 g/mol. The highest BCUT2D eigenvalue weighted by atomic mass is 19.1. The number of halogens is 2. The van der Waals surface area contributed by atoms with E-state index in [2.05, 4.69) is 9.97 Å². The molecule has 0 saturated heterocycles. The number of carboxylic acids is 1. The SMILES string of the molecule is O=C(O)C1CC(Oc2nc3c(F)c(-c4ccc(-c5ccccc5)cc4)c(F)cc3[nH]2)C1. The lowest BCUT2D eigenvalue weighted by Crippen LogP contribution is -2.38. The van der Waals surface area contributed by atoms with Gasteiger partial charge in [-0.15, -0.1) is 0 Å². The van der Waals surface area contributed by atoms with Gasteiger partial charge in [0.05, 0.1) is 17.0 Å². The van der Waals surface area contributed by atoms with E-state index < -0.39 is 23.5 Å². The number of hydrogen-bond acceptors (Lipinski definition) is 3. The van der Waals surface area contributed by atoms with Gasteiger partial charge in [0.25, 0.3) is 6.01 Å². The molecule has 3 aromatic carbocycles. The summed E-state index contributed by atoms with van der Waals surface area (Å²) >= 11 is 0. The Hall–Kier alpha value is -3.74. The lowest BCUT2D eigenvalue weighted by atomic mass is 9.82. The van der Waals surface area contributed by atoms with Crippen molar-refractivity contribution in [3.05, 3.63) is 72.3 Å². The predicted molar refractivity (Wildman–Crippen MR) is 112 cm³/mol. The largest absolute Gasteiger partial charge is 0.481 e. The number of nitrogens with zero attached hydrogens (tertiary/aromatic N) is 1. The number of aromatic amines is 1. The average Bonchev–Trinajstić information content (AvgIpc) is 3.14. The maximum absolute atomic E-state index is 15.2. The van der Waals surface area contributed by atoms with Crippen LogP contribution in [0.25, 0.3) is 33.3 Å². The fourth-order valence-corrected chi connectivity index (χ4v) is 3.86. The van der Waals surface area contributed by atoms with Crippen molar-refractivity contribution in [1.29, 1.82) is 0 Å². The van der Waals surface area contributed by atoms with Gasteiger partial charge in [-0.1, -0.05) is 54.6 Å². The van der Waals surface area contributed by atoms with Crippen LogP contribution in [-0.4, -0.2) is 27.1 Å². The third kappa shape index (κ3) is 3.52. The summed E-state index contributed by atoms with van der Waals surface area (Å²) in [6, 6.07) is 18.0. The highest BCUT2D eigenvalue weighted by Crippen LogP contribution is 2.35. The summed E-state index contributed by atoms with van der Waals surface area (Å²) in [7, 11) is 0. The quantitative estimate of drug-likeness (QED) is 0.452. The molecule has 156 valence electrons. The number of hydrogen-bond donors (Lipinski definition) is 2. The van der Waals surface area contributed by atoms with Gasteiger partial charge in [-0.3, -0.25) is 4.79 Å². The number of imidazole rings is 1. The number of H-pyrrole nitrogens is 1. The number of ether oxygens (including phenoxy) is 1. The monoisotopic (exact) mass is 420 g/mol. The van der Waals surface area contributed by atoms with E-state index in [0.717, 1.165) is 11.1 Å². The smallest absolute Gasteiger partial charge is 0.306 e. The number of rotatable bonds is 5. The van der Waals surface area contributed by atoms with Gasteiger partial charge in [0.15, 0.2) is 5.82 Å². The van der Waals surface area contributed by atoms with Crippen LogP contribution in [0.5, 0.6) is 6.01 Å². The molecule has 1 aromatic heterocycles. The van der Waals surface area contributed by atoms with Gasteiger partial charge in [-0.25, -0.2) is 8.78 Å². The van der Waals surface area contributed by atoms with Crippen molar-refractivity contribution in [2.45, 2.75) is 18.9 Å². The molecule has 2 N–H and O–H groups in total. The minimum atomic E-state index is -0.861. The molecular formula is C24H18F2N2O3. The Morgan fingerprint density at radius 3 is 2.32 bits per heavy atom. The zero-order valence-corrected chi connectivity index (χ0v) is 16.3. The van der Waals surface area contributed by atoms with Crippen molar-refractivity contribution in [1.82, 2.24) is 9.97 Å². The van der Waals surface area contributed by atoms with Crippen molar-refractivity contribution in [3.8, 4) is 28.3 Å². The van der Waals surface area contributed by atoms with Crippen LogP contribution in [0, 0.1) is 17.6 Å². The van der Waals surface area contributed by atoms with Crippen molar-refractivity contribution in [2.75, 3.05) is 0 Å². The molecule has 0 radical (unpaired) electrons. The standard InChI is InChI=1S/C24H18F2N2O3/c25-18-12-19-22(28-24(27-19)31-17-10-16(11-17)23(29)30)21(26)20(18)15-8-6-14(7-9-15)13-4-2-1-3-5-13/h1-9,12,16-17H,10-11H2,(H,27,28)(H,29,30). The summed E-state index contributed by atoms with van der Waals surface area (Å²) in [5, 5.41) is 8.95. The summed E-state index contributed by atoms with van der Waals surface area (Å²) in [6.45, 7) is 0. The number of fused-ring (bicyclic) bond motifs is 1. The fourth-order valence-electron chi connectivity index (χ4n) is 3.86. The second kappa shape index (κ2) is 7.50. The van der Waals surface area contributed by atoms with Gasteiger partial charge in [0.1, 0.15) is 17.4 Å². The van der Waals surface area contributed by atoms with E-state index in [-0.39, 0.29) is 28.7 Å². The summed E-state index contributed by atoms with van der Waals surface area (Å²) < 4.78 is 35.6. The average molecular weight is 420 g/mol. The Labute approximate surface area is 176 Å². The summed E-state index contributed by atoms with van der Waals surface area (Å²) in [6.07, 6.45) is 0.421. The molecule has 1 aliphatic carbocycles. The minimum absolute atomic E-state index is 0.0207. The normalized spacial score (nSPS) is 18.0. The Balaban J connectivity index is 1.43. The molecule has 1 fully saturated rings. The second-order valence-corrected chi connectivity index (χ2v) is 7.68. The van der Waals surface area contributed by atoms with Crippen molar-refractivity contribution in [2.24, 2.45) is 5.92 Å². The van der Waals surface area contributed by atoms with Crippen LogP contribution in [0.1, 0.15) is 12.8 Å². The third-order valence-corrected chi connectivity index (χ3v) is 5.65. The van der Waals surface area contributed by atoms with Gasteiger partial charge in [0.2, 0.25) is 0 Å². The first-order valence-corrected chi connectivity index (χ1v) is 9.92. The first-order valence-electron chi connectivity index (χ1n) is 9.92. The first kappa shape index (κ1) is 19.2. The molecule has 4 aromatic rings. The molecule has 0 aliphatic heterocycles. The van der Waals surface area contributed by atoms with Gasteiger partial charge < -0.3 is 14.8 Å². The maximum atomic E-state index is 15.2. The lowest BCUT2D eigenvalue weighted by molar-refractivity contribution is -0.148. The highest BCUT2D eigenvalue weighted by Gasteiger charge is 2.36. The van der Waals surface area contributed by atoms with Gasteiger partial charge in [-0.2, -0.15) is 4.98 Å². The van der Waals surface area contributed by atoms with Crippen LogP contribution < -0.4 is 4.74 Å². The number of aromatic nitrogens is 2. The Morgan fingerprint density at radius 1 is 1.00 bits per heavy atom. The van der Waals surface area contributed by atoms with E-state index in [1.54, 1.807) is 12.1 Å². The molecule has 0 bridgehead atoms. The summed E-state index contributed by atoms with van der Waals surface area (Å²) in [5.41, 5.74) is 2.38. The number of carboxylic acid groups (broad SMARTS) is 1. The van der Waals surface area contributed by atoms with Crippen molar-refractivity contribution >= 4 is 17.0 Å². The molecule has 1 aliphatic rings. The molecule has 7 heteroatoms. The molecule has 1 heterocycles. The zero-order chi connectivity index (χ0) is 21.5. The van der Waals surface area contributed by atoms with Crippen LogP contribution in [-0.2, 0) is 4.79 Å². The zero-order valence-electron chi connectivity index (χ0n) is 16.3. The Morgan fingerprint density at radius 2 is 1.65 bits per heavy atom. The van der Waals surface area contributed by atoms with Crippen LogP contribution in [0.2, 0.25) is 0 Å². The van der Waals surface area contributed by atoms with Crippen LogP contribution in [0.3, 0.4) is 0 Å². The highest BCUT2D eigenvalue weighted by molar-refractivity contribution is 5.84. The summed E-state index contributed by atoms with van der Waals surface area (Å²) in [4.78, 5) is 17.8. The molecule has 0 unspecified atom stereocenters. The first-order chi connectivity index (χ1) is 15.0. The predicted octanol–water partition coefficient (Wildman–Crippen LogP) is 5.42. The molecule has 5 nitrogen and oxygen atoms in total. The van der Waals surface area contributed by atoms with E-state index in [9.17, 15) is 9.18 Å². The Bertz CT molecular complexity index is 1260. The molecule has 31 heavy (non-hydrogen) atoms. The van der Waals surface area contributed by atoms with Crippen LogP contribution in [0.4, 0.5) is 8.78 Å². The van der Waals surface area contributed by atoms with Crippen LogP contribution >= 0.6 is 0 Å². The molecule has 5 rings (SSSR count). The maximum Gasteiger partial charge on any atom is 0.306 e. The second-order valence-electron chi connectivity index (χ2n) is 7.68. The van der Waals surface area contributed by atoms with Crippen LogP contribution in [0.15, 0.2) is 60.7 Å². The summed E-state index contributed by atoms with van der Waals surface area (Å²) in [5.74, 6) is -2.78. The number of nitrogens with one attached hydrogen (secondary N) is 1. The van der Waals surface area contributed by atoms with E-state index >= 15 is 4.39 Å². The third-order valence-electron chi connectivity index (χ3n) is 5.65. The van der Waals surface area contributed by atoms with E-state index in [1.807, 2.05) is 42.5 Å².